The van der Waals surface area contributed by atoms with Crippen molar-refractivity contribution < 1.29 is 4.79 Å². The average molecular weight is 142 g/mol. The van der Waals surface area contributed by atoms with Crippen molar-refractivity contribution in [3.05, 3.63) is 0 Å². The summed E-state index contributed by atoms with van der Waals surface area (Å²) < 4.78 is 0. The molecule has 1 atom stereocenters. The number of nitrogens with one attached hydrogen (secondary N) is 1. The molecule has 0 radical (unpaired) electrons. The molecule has 0 aromatic heterocycles. The van der Waals surface area contributed by atoms with Crippen LogP contribution in [0.3, 0.4) is 0 Å². The minimum Gasteiger partial charge on any atom is -0.324 e. The summed E-state index contributed by atoms with van der Waals surface area (Å²) >= 11 is 0. The van der Waals surface area contributed by atoms with Crippen molar-refractivity contribution in [2.75, 3.05) is 13.1 Å². The molecular weight excluding hydrogens is 128 g/mol. The van der Waals surface area contributed by atoms with Gasteiger partial charge in [0, 0.05) is 0 Å². The molecule has 0 bridgehead atoms. The zero-order chi connectivity index (χ0) is 7.61. The number of Topliss-reactive ketones (excluding diaryl/α,β-unsaturated/α-hetero) is 1. The Morgan fingerprint density at radius 1 is 1.80 bits per heavy atom. The highest BCUT2D eigenvalue weighted by Crippen LogP contribution is 2.18. The number of hydrogen-bond acceptors (Lipinski definition) is 3. The van der Waals surface area contributed by atoms with Crippen LogP contribution in [0.2, 0.25) is 0 Å². The first-order valence-corrected chi connectivity index (χ1v) is 3.67. The zero-order valence-electron chi connectivity index (χ0n) is 6.31. The Bertz CT molecular complexity index is 139. The van der Waals surface area contributed by atoms with E-state index in [9.17, 15) is 4.79 Å². The molecule has 0 aromatic rings. The van der Waals surface area contributed by atoms with Crippen LogP contribution in [0.4, 0.5) is 0 Å². The van der Waals surface area contributed by atoms with Gasteiger partial charge in [0.05, 0.1) is 12.1 Å². The molecule has 0 amide bonds. The molecule has 0 saturated carbocycles. The molecule has 1 heterocycles. The maximum Gasteiger partial charge on any atom is 0.166 e. The molecule has 3 nitrogen and oxygen atoms in total. The second kappa shape index (κ2) is 2.68. The lowest BCUT2D eigenvalue weighted by atomic mass is 9.95. The topological polar surface area (TPSA) is 55.1 Å². The highest BCUT2D eigenvalue weighted by Gasteiger charge is 2.34. The minimum absolute atomic E-state index is 0.130. The number of rotatable bonds is 2. The number of hydrogen-bond donors (Lipinski definition) is 2. The summed E-state index contributed by atoms with van der Waals surface area (Å²) in [5.41, 5.74) is 4.94. The Balaban J connectivity index is 2.58. The highest BCUT2D eigenvalue weighted by molar-refractivity contribution is 5.89. The summed E-state index contributed by atoms with van der Waals surface area (Å²) in [5.74, 6) is 0.130. The second-order valence-corrected chi connectivity index (χ2v) is 2.99. The summed E-state index contributed by atoms with van der Waals surface area (Å²) in [7, 11) is 0. The summed E-state index contributed by atoms with van der Waals surface area (Å²) in [6.45, 7) is 3.03. The van der Waals surface area contributed by atoms with Crippen molar-refractivity contribution in [2.24, 2.45) is 5.73 Å². The Hall–Kier alpha value is -0.410. The fraction of sp³-hybridized carbons (Fsp3) is 0.857. The maximum atomic E-state index is 11.1. The second-order valence-electron chi connectivity index (χ2n) is 2.99. The largest absolute Gasteiger partial charge is 0.324 e. The van der Waals surface area contributed by atoms with Gasteiger partial charge in [-0.2, -0.15) is 0 Å². The minimum atomic E-state index is -0.311. The lowest BCUT2D eigenvalue weighted by molar-refractivity contribution is -0.122. The van der Waals surface area contributed by atoms with E-state index in [1.807, 2.05) is 6.92 Å². The van der Waals surface area contributed by atoms with E-state index in [1.54, 1.807) is 0 Å². The van der Waals surface area contributed by atoms with Gasteiger partial charge < -0.3 is 11.1 Å². The van der Waals surface area contributed by atoms with Crippen LogP contribution in [0.15, 0.2) is 0 Å². The van der Waals surface area contributed by atoms with Crippen LogP contribution in [0.1, 0.15) is 19.8 Å². The van der Waals surface area contributed by atoms with E-state index < -0.39 is 0 Å². The van der Waals surface area contributed by atoms with Crippen LogP contribution < -0.4 is 11.1 Å². The van der Waals surface area contributed by atoms with Gasteiger partial charge in [0.25, 0.3) is 0 Å². The van der Waals surface area contributed by atoms with E-state index in [2.05, 4.69) is 5.32 Å². The van der Waals surface area contributed by atoms with Crippen LogP contribution in [-0.2, 0) is 4.79 Å². The van der Waals surface area contributed by atoms with Gasteiger partial charge in [-0.15, -0.1) is 0 Å². The molecule has 1 aliphatic heterocycles. The van der Waals surface area contributed by atoms with Gasteiger partial charge in [0.15, 0.2) is 5.78 Å². The van der Waals surface area contributed by atoms with E-state index in [-0.39, 0.29) is 17.9 Å². The monoisotopic (exact) mass is 142 g/mol. The molecule has 0 aromatic carbocycles. The Labute approximate surface area is 61.0 Å². The lowest BCUT2D eigenvalue weighted by Gasteiger charge is -2.21. The van der Waals surface area contributed by atoms with Gasteiger partial charge in [0.2, 0.25) is 0 Å². The van der Waals surface area contributed by atoms with E-state index >= 15 is 0 Å². The molecule has 1 fully saturated rings. The van der Waals surface area contributed by atoms with Crippen molar-refractivity contribution in [3.63, 3.8) is 0 Å². The van der Waals surface area contributed by atoms with Crippen molar-refractivity contribution >= 4 is 5.78 Å². The first kappa shape index (κ1) is 7.69. The predicted octanol–water partition coefficient (Wildman–Crippen LogP) is -0.344. The Kier molecular flexibility index (Phi) is 2.06. The van der Waals surface area contributed by atoms with Gasteiger partial charge in [-0.3, -0.25) is 4.79 Å². The van der Waals surface area contributed by atoms with Crippen LogP contribution >= 0.6 is 0 Å². The third kappa shape index (κ3) is 1.20. The van der Waals surface area contributed by atoms with Crippen molar-refractivity contribution in [2.45, 2.75) is 25.3 Å². The molecule has 0 spiro atoms. The molecule has 0 aliphatic carbocycles. The number of carbonyl (C=O) groups excluding carboxylic acids is 1. The third-order valence-electron chi connectivity index (χ3n) is 2.17. The first-order chi connectivity index (χ1) is 4.69. The quantitative estimate of drug-likeness (QED) is 0.554. The molecule has 1 aliphatic rings. The molecule has 3 heteroatoms. The summed E-state index contributed by atoms with van der Waals surface area (Å²) in [4.78, 5) is 11.1. The highest BCUT2D eigenvalue weighted by atomic mass is 16.1. The molecule has 3 N–H and O–H groups in total. The third-order valence-corrected chi connectivity index (χ3v) is 2.17. The lowest BCUT2D eigenvalue weighted by Crippen LogP contribution is -2.47. The van der Waals surface area contributed by atoms with Gasteiger partial charge in [-0.1, -0.05) is 0 Å². The molecule has 1 saturated heterocycles. The molecule has 1 unspecified atom stereocenters. The van der Waals surface area contributed by atoms with Gasteiger partial charge in [-0.25, -0.2) is 0 Å². The molecule has 58 valence electrons. The van der Waals surface area contributed by atoms with Crippen molar-refractivity contribution in [1.29, 1.82) is 0 Å². The summed E-state index contributed by atoms with van der Waals surface area (Å²) in [6, 6.07) is 0. The van der Waals surface area contributed by atoms with Crippen molar-refractivity contribution in [3.8, 4) is 0 Å². The smallest absolute Gasteiger partial charge is 0.166 e. The summed E-state index contributed by atoms with van der Waals surface area (Å²) in [6.07, 6.45) is 2.02. The Morgan fingerprint density at radius 2 is 2.50 bits per heavy atom. The SMILES string of the molecule is CC1(C(=O)CN)CCCN1. The maximum absolute atomic E-state index is 11.1. The molecule has 10 heavy (non-hydrogen) atoms. The normalized spacial score (nSPS) is 32.6. The Morgan fingerprint density at radius 3 is 2.90 bits per heavy atom. The van der Waals surface area contributed by atoms with E-state index in [4.69, 9.17) is 5.73 Å². The van der Waals surface area contributed by atoms with E-state index in [1.165, 1.54) is 0 Å². The molecule has 1 rings (SSSR count). The fourth-order valence-electron chi connectivity index (χ4n) is 1.36. The van der Waals surface area contributed by atoms with Crippen LogP contribution in [0.25, 0.3) is 0 Å². The fourth-order valence-corrected chi connectivity index (χ4v) is 1.36. The van der Waals surface area contributed by atoms with Gasteiger partial charge in [-0.05, 0) is 26.3 Å². The average Bonchev–Trinajstić information content (AvgIpc) is 2.36. The number of ketones is 1. The van der Waals surface area contributed by atoms with Crippen LogP contribution in [0.5, 0.6) is 0 Å². The zero-order valence-corrected chi connectivity index (χ0v) is 6.31. The standard InChI is InChI=1S/C7H14N2O/c1-7(6(10)5-8)3-2-4-9-7/h9H,2-5,8H2,1H3. The number of carbonyl (C=O) groups is 1. The van der Waals surface area contributed by atoms with Gasteiger partial charge in [0.1, 0.15) is 0 Å². The summed E-state index contributed by atoms with van der Waals surface area (Å²) in [5, 5.41) is 3.15. The van der Waals surface area contributed by atoms with Crippen LogP contribution in [-0.4, -0.2) is 24.4 Å². The van der Waals surface area contributed by atoms with Crippen molar-refractivity contribution in [1.82, 2.24) is 5.32 Å². The predicted molar refractivity (Wildman–Crippen MR) is 39.7 cm³/mol. The van der Waals surface area contributed by atoms with E-state index in [0.29, 0.717) is 0 Å². The van der Waals surface area contributed by atoms with Gasteiger partial charge >= 0.3 is 0 Å². The first-order valence-electron chi connectivity index (χ1n) is 3.67. The molecular formula is C7H14N2O. The number of nitrogens with two attached hydrogens (primary N) is 1. The van der Waals surface area contributed by atoms with E-state index in [0.717, 1.165) is 19.4 Å². The van der Waals surface area contributed by atoms with Crippen LogP contribution in [0, 0.1) is 0 Å².